The van der Waals surface area contributed by atoms with Crippen molar-refractivity contribution in [2.24, 2.45) is 17.8 Å². The van der Waals surface area contributed by atoms with Crippen LogP contribution in [0.1, 0.15) is 41.5 Å². The summed E-state index contributed by atoms with van der Waals surface area (Å²) >= 11 is 5.20. The third kappa shape index (κ3) is 6.72. The van der Waals surface area contributed by atoms with Crippen molar-refractivity contribution in [3.8, 4) is 0 Å². The van der Waals surface area contributed by atoms with Crippen LogP contribution in [-0.2, 0) is 0 Å². The van der Waals surface area contributed by atoms with Crippen LogP contribution in [0.15, 0.2) is 0 Å². The molecule has 0 saturated carbocycles. The molecule has 0 aromatic rings. The van der Waals surface area contributed by atoms with Crippen molar-refractivity contribution in [1.82, 2.24) is 10.6 Å². The Morgan fingerprint density at radius 2 is 1.47 bits per heavy atom. The smallest absolute Gasteiger partial charge is 0.166 e. The van der Waals surface area contributed by atoms with Crippen LogP contribution in [0.2, 0.25) is 0 Å². The minimum Gasteiger partial charge on any atom is -0.362 e. The molecule has 0 aromatic carbocycles. The van der Waals surface area contributed by atoms with Crippen molar-refractivity contribution in [3.05, 3.63) is 0 Å². The van der Waals surface area contributed by atoms with Crippen molar-refractivity contribution < 1.29 is 0 Å². The monoisotopic (exact) mass is 230 g/mol. The van der Waals surface area contributed by atoms with Crippen LogP contribution in [0.25, 0.3) is 0 Å². The van der Waals surface area contributed by atoms with E-state index in [1.807, 2.05) is 0 Å². The fourth-order valence-electron chi connectivity index (χ4n) is 1.76. The highest BCUT2D eigenvalue weighted by Gasteiger charge is 2.17. The van der Waals surface area contributed by atoms with Gasteiger partial charge in [-0.2, -0.15) is 0 Å². The Bertz CT molecular complexity index is 180. The van der Waals surface area contributed by atoms with Gasteiger partial charge < -0.3 is 10.6 Å². The number of rotatable bonds is 5. The zero-order chi connectivity index (χ0) is 12.0. The maximum atomic E-state index is 5.20. The first-order valence-electron chi connectivity index (χ1n) is 5.89. The van der Waals surface area contributed by atoms with Crippen molar-refractivity contribution in [3.63, 3.8) is 0 Å². The Morgan fingerprint density at radius 1 is 1.00 bits per heavy atom. The van der Waals surface area contributed by atoms with E-state index in [0.29, 0.717) is 23.8 Å². The summed E-state index contributed by atoms with van der Waals surface area (Å²) in [4.78, 5) is 0. The van der Waals surface area contributed by atoms with Crippen LogP contribution >= 0.6 is 12.2 Å². The molecule has 3 heteroatoms. The van der Waals surface area contributed by atoms with Crippen LogP contribution in [0.4, 0.5) is 0 Å². The number of nitrogens with one attached hydrogen (secondary N) is 2. The van der Waals surface area contributed by atoms with Gasteiger partial charge in [0.1, 0.15) is 0 Å². The van der Waals surface area contributed by atoms with Gasteiger partial charge in [-0.3, -0.25) is 0 Å². The number of hydrogen-bond acceptors (Lipinski definition) is 1. The first-order valence-corrected chi connectivity index (χ1v) is 6.29. The molecule has 0 atom stereocenters. The fourth-order valence-corrected chi connectivity index (χ4v) is 2.08. The third-order valence-electron chi connectivity index (χ3n) is 2.63. The van der Waals surface area contributed by atoms with Crippen LogP contribution in [0.5, 0.6) is 0 Å². The minimum absolute atomic E-state index is 0.404. The Morgan fingerprint density at radius 3 is 1.80 bits per heavy atom. The van der Waals surface area contributed by atoms with Gasteiger partial charge in [-0.15, -0.1) is 0 Å². The molecule has 0 aliphatic carbocycles. The molecule has 0 heterocycles. The molecule has 0 aromatic heterocycles. The maximum Gasteiger partial charge on any atom is 0.166 e. The molecule has 0 aliphatic rings. The van der Waals surface area contributed by atoms with E-state index >= 15 is 0 Å². The van der Waals surface area contributed by atoms with Gasteiger partial charge in [0.25, 0.3) is 0 Å². The summed E-state index contributed by atoms with van der Waals surface area (Å²) in [6.07, 6.45) is 0. The molecule has 15 heavy (non-hydrogen) atoms. The van der Waals surface area contributed by atoms with Gasteiger partial charge in [0.15, 0.2) is 5.11 Å². The molecule has 2 N–H and O–H groups in total. The predicted octanol–water partition coefficient (Wildman–Crippen LogP) is 2.79. The van der Waals surface area contributed by atoms with Crippen LogP contribution < -0.4 is 10.6 Å². The molecule has 0 rings (SSSR count). The SMILES string of the molecule is CC(C)NC(=S)NCC(C(C)C)C(C)C. The largest absolute Gasteiger partial charge is 0.362 e. The van der Waals surface area contributed by atoms with Crippen LogP contribution in [0.3, 0.4) is 0 Å². The molecule has 0 aliphatic heterocycles. The lowest BCUT2D eigenvalue weighted by Crippen LogP contribution is -2.42. The molecule has 0 saturated heterocycles. The van der Waals surface area contributed by atoms with E-state index in [2.05, 4.69) is 52.2 Å². The summed E-state index contributed by atoms with van der Waals surface area (Å²) in [5.74, 6) is 2.07. The zero-order valence-corrected chi connectivity index (χ0v) is 11.7. The van der Waals surface area contributed by atoms with Gasteiger partial charge in [-0.25, -0.2) is 0 Å². The van der Waals surface area contributed by atoms with E-state index in [-0.39, 0.29) is 0 Å². The minimum atomic E-state index is 0.404. The Hall–Kier alpha value is -0.310. The number of thiocarbonyl (C=S) groups is 1. The highest BCUT2D eigenvalue weighted by atomic mass is 32.1. The number of hydrogen-bond donors (Lipinski definition) is 2. The van der Waals surface area contributed by atoms with Gasteiger partial charge in [-0.1, -0.05) is 27.7 Å². The topological polar surface area (TPSA) is 24.1 Å². The van der Waals surface area contributed by atoms with Crippen molar-refractivity contribution in [2.75, 3.05) is 6.54 Å². The quantitative estimate of drug-likeness (QED) is 0.710. The van der Waals surface area contributed by atoms with Gasteiger partial charge in [0.05, 0.1) is 0 Å². The van der Waals surface area contributed by atoms with Crippen molar-refractivity contribution >= 4 is 17.3 Å². The summed E-state index contributed by atoms with van der Waals surface area (Å²) in [6.45, 7) is 14.2. The maximum absolute atomic E-state index is 5.20. The predicted molar refractivity (Wildman–Crippen MR) is 72.0 cm³/mol. The molecule has 0 spiro atoms. The van der Waals surface area contributed by atoms with Gasteiger partial charge in [0.2, 0.25) is 0 Å². The standard InChI is InChI=1S/C12H26N2S/c1-8(2)11(9(3)4)7-13-12(15)14-10(5)6/h8-11H,7H2,1-6H3,(H2,13,14,15). The molecule has 90 valence electrons. The lowest BCUT2D eigenvalue weighted by atomic mass is 9.85. The molecular weight excluding hydrogens is 204 g/mol. The second-order valence-corrected chi connectivity index (χ2v) is 5.57. The van der Waals surface area contributed by atoms with E-state index in [4.69, 9.17) is 12.2 Å². The van der Waals surface area contributed by atoms with Crippen molar-refractivity contribution in [1.29, 1.82) is 0 Å². The summed E-state index contributed by atoms with van der Waals surface area (Å²) in [7, 11) is 0. The third-order valence-corrected chi connectivity index (χ3v) is 2.89. The summed E-state index contributed by atoms with van der Waals surface area (Å²) in [5, 5.41) is 7.27. The van der Waals surface area contributed by atoms with Crippen LogP contribution in [0, 0.1) is 17.8 Å². The second-order valence-electron chi connectivity index (χ2n) is 5.16. The lowest BCUT2D eigenvalue weighted by molar-refractivity contribution is 0.287. The van der Waals surface area contributed by atoms with E-state index in [0.717, 1.165) is 11.7 Å². The highest BCUT2D eigenvalue weighted by molar-refractivity contribution is 7.80. The molecule has 0 unspecified atom stereocenters. The van der Waals surface area contributed by atoms with E-state index in [1.165, 1.54) is 0 Å². The Kier molecular flexibility index (Phi) is 6.90. The summed E-state index contributed by atoms with van der Waals surface area (Å²) < 4.78 is 0. The Labute approximate surface area is 100 Å². The highest BCUT2D eigenvalue weighted by Crippen LogP contribution is 2.19. The van der Waals surface area contributed by atoms with Crippen LogP contribution in [-0.4, -0.2) is 17.7 Å². The molecule has 0 bridgehead atoms. The average molecular weight is 230 g/mol. The van der Waals surface area contributed by atoms with Crippen molar-refractivity contribution in [2.45, 2.75) is 47.6 Å². The molecule has 0 fully saturated rings. The van der Waals surface area contributed by atoms with Gasteiger partial charge in [0, 0.05) is 12.6 Å². The molecule has 0 amide bonds. The molecule has 0 radical (unpaired) electrons. The lowest BCUT2D eigenvalue weighted by Gasteiger charge is -2.26. The molecular formula is C12H26N2S. The Balaban J connectivity index is 3.95. The fraction of sp³-hybridized carbons (Fsp3) is 0.917. The van der Waals surface area contributed by atoms with E-state index in [9.17, 15) is 0 Å². The summed E-state index contributed by atoms with van der Waals surface area (Å²) in [6, 6.07) is 0.404. The first kappa shape index (κ1) is 14.7. The van der Waals surface area contributed by atoms with E-state index < -0.39 is 0 Å². The summed E-state index contributed by atoms with van der Waals surface area (Å²) in [5.41, 5.74) is 0. The second kappa shape index (κ2) is 7.04. The zero-order valence-electron chi connectivity index (χ0n) is 10.9. The van der Waals surface area contributed by atoms with Gasteiger partial charge in [-0.05, 0) is 43.8 Å². The van der Waals surface area contributed by atoms with E-state index in [1.54, 1.807) is 0 Å². The average Bonchev–Trinajstić information content (AvgIpc) is 2.00. The first-order chi connectivity index (χ1) is 6.84. The molecule has 2 nitrogen and oxygen atoms in total. The van der Waals surface area contributed by atoms with Gasteiger partial charge >= 0.3 is 0 Å². The normalized spacial score (nSPS) is 11.6.